The molecule has 48 heavy (non-hydrogen) atoms. The first-order valence-corrected chi connectivity index (χ1v) is 19.6. The Morgan fingerprint density at radius 3 is 1.62 bits per heavy atom. The molecule has 0 aromatic heterocycles. The van der Waals surface area contributed by atoms with E-state index in [9.17, 15) is 19.0 Å². The van der Waals surface area contributed by atoms with Crippen molar-refractivity contribution in [3.63, 3.8) is 0 Å². The number of phosphoric ester groups is 1. The molecule has 0 amide bonds. The average molecular weight is 693 g/mol. The van der Waals surface area contributed by atoms with E-state index in [1.807, 2.05) is 0 Å². The van der Waals surface area contributed by atoms with E-state index >= 15 is 0 Å². The van der Waals surface area contributed by atoms with Crippen LogP contribution in [0.25, 0.3) is 0 Å². The molecule has 9 heteroatoms. The Balaban J connectivity index is 4.21. The molecule has 1 N–H and O–H groups in total. The predicted molar refractivity (Wildman–Crippen MR) is 198 cm³/mol. The number of phosphoric acid groups is 1. The number of carbonyl (C=O) groups excluding carboxylic acids is 2. The Kier molecular flexibility index (Phi) is 32.6. The highest BCUT2D eigenvalue weighted by molar-refractivity contribution is 7.47. The van der Waals surface area contributed by atoms with Crippen LogP contribution in [-0.2, 0) is 32.7 Å². The number of esters is 2. The minimum Gasteiger partial charge on any atom is -0.462 e. The van der Waals surface area contributed by atoms with Gasteiger partial charge >= 0.3 is 19.8 Å². The Morgan fingerprint density at radius 2 is 1.06 bits per heavy atom. The molecule has 0 heterocycles. The number of rotatable bonds is 32. The van der Waals surface area contributed by atoms with Crippen molar-refractivity contribution in [3.05, 3.63) is 72.9 Å². The molecule has 274 valence electrons. The SMILES string of the molecule is CC/C=C\C/C=C\C/C=C\C/C=C\CCCCC(=O)OC(COC(=O)CCCCCCC/C=C\C/C=C\CCCC)COP(=O)(O)OC. The first-order chi connectivity index (χ1) is 23.3. The lowest BCUT2D eigenvalue weighted by atomic mass is 10.1. The summed E-state index contributed by atoms with van der Waals surface area (Å²) in [5, 5.41) is 0. The Hall–Kier alpha value is -2.51. The van der Waals surface area contributed by atoms with Crippen molar-refractivity contribution in [2.45, 2.75) is 142 Å². The molecule has 0 bridgehead atoms. The molecule has 0 aromatic carbocycles. The van der Waals surface area contributed by atoms with E-state index in [0.29, 0.717) is 12.8 Å². The standard InChI is InChI=1S/C39H65O8P/c1-4-6-8-10-12-14-16-18-20-22-24-26-28-30-32-34-39(41)47-37(36-46-48(42,43)44-3)35-45-38(40)33-31-29-27-25-23-21-19-17-15-13-11-9-7-5-2/h6,8,11-14,17-20,24,26,37H,4-5,7,9-10,15-16,21-23,25,27-36H2,1-3H3,(H,42,43)/b8-6-,13-11-,14-12-,19-17-,20-18-,26-24-. The smallest absolute Gasteiger partial charge is 0.462 e. The summed E-state index contributed by atoms with van der Waals surface area (Å²) < 4.78 is 31.8. The number of hydrogen-bond donors (Lipinski definition) is 1. The van der Waals surface area contributed by atoms with Gasteiger partial charge in [-0.15, -0.1) is 0 Å². The van der Waals surface area contributed by atoms with Crippen LogP contribution in [-0.4, -0.2) is 43.3 Å². The molecule has 2 unspecified atom stereocenters. The van der Waals surface area contributed by atoms with Crippen LogP contribution in [0.2, 0.25) is 0 Å². The van der Waals surface area contributed by atoms with E-state index in [0.717, 1.165) is 90.6 Å². The van der Waals surface area contributed by atoms with Crippen LogP contribution in [0.15, 0.2) is 72.9 Å². The fourth-order valence-corrected chi connectivity index (χ4v) is 4.83. The van der Waals surface area contributed by atoms with E-state index < -0.39 is 32.5 Å². The average Bonchev–Trinajstić information content (AvgIpc) is 3.07. The normalized spacial score (nSPS) is 14.3. The molecule has 0 rings (SSSR count). The molecule has 0 saturated heterocycles. The maximum Gasteiger partial charge on any atom is 0.472 e. The minimum atomic E-state index is -4.27. The van der Waals surface area contributed by atoms with Crippen LogP contribution in [0, 0.1) is 0 Å². The molecule has 0 saturated carbocycles. The lowest BCUT2D eigenvalue weighted by Crippen LogP contribution is -2.29. The van der Waals surface area contributed by atoms with Gasteiger partial charge in [0.25, 0.3) is 0 Å². The van der Waals surface area contributed by atoms with Crippen molar-refractivity contribution < 1.29 is 37.6 Å². The van der Waals surface area contributed by atoms with Crippen molar-refractivity contribution in [1.29, 1.82) is 0 Å². The molecule has 2 atom stereocenters. The second-order valence-corrected chi connectivity index (χ2v) is 13.2. The van der Waals surface area contributed by atoms with E-state index in [2.05, 4.69) is 91.3 Å². The number of carbonyl (C=O) groups is 2. The number of hydrogen-bond acceptors (Lipinski definition) is 7. The summed E-state index contributed by atoms with van der Waals surface area (Å²) >= 11 is 0. The second kappa shape index (κ2) is 34.4. The fourth-order valence-electron chi connectivity index (χ4n) is 4.37. The van der Waals surface area contributed by atoms with Crippen LogP contribution in [0.3, 0.4) is 0 Å². The van der Waals surface area contributed by atoms with Gasteiger partial charge in [-0.3, -0.25) is 18.6 Å². The number of ether oxygens (including phenoxy) is 2. The van der Waals surface area contributed by atoms with Crippen LogP contribution in [0.4, 0.5) is 0 Å². The van der Waals surface area contributed by atoms with E-state index in [4.69, 9.17) is 14.0 Å². The second-order valence-electron chi connectivity index (χ2n) is 11.6. The predicted octanol–water partition coefficient (Wildman–Crippen LogP) is 11.0. The van der Waals surface area contributed by atoms with E-state index in [-0.39, 0.29) is 19.4 Å². The van der Waals surface area contributed by atoms with Gasteiger partial charge in [-0.25, -0.2) is 4.57 Å². The minimum absolute atomic E-state index is 0.185. The fraction of sp³-hybridized carbons (Fsp3) is 0.641. The Labute approximate surface area is 292 Å². The molecule has 8 nitrogen and oxygen atoms in total. The molecular weight excluding hydrogens is 627 g/mol. The van der Waals surface area contributed by atoms with Crippen molar-refractivity contribution in [1.82, 2.24) is 0 Å². The van der Waals surface area contributed by atoms with Crippen molar-refractivity contribution >= 4 is 19.8 Å². The highest BCUT2D eigenvalue weighted by Gasteiger charge is 2.24. The topological polar surface area (TPSA) is 108 Å². The summed E-state index contributed by atoms with van der Waals surface area (Å²) in [7, 11) is -3.23. The van der Waals surface area contributed by atoms with Crippen LogP contribution in [0.5, 0.6) is 0 Å². The first-order valence-electron chi connectivity index (χ1n) is 18.1. The van der Waals surface area contributed by atoms with Gasteiger partial charge in [0.1, 0.15) is 6.61 Å². The van der Waals surface area contributed by atoms with Crippen LogP contribution < -0.4 is 0 Å². The Bertz CT molecular complexity index is 1010. The largest absolute Gasteiger partial charge is 0.472 e. The van der Waals surface area contributed by atoms with Crippen molar-refractivity contribution in [2.24, 2.45) is 0 Å². The molecule has 0 aliphatic carbocycles. The monoisotopic (exact) mass is 692 g/mol. The molecular formula is C39H65O8P. The third-order valence-electron chi connectivity index (χ3n) is 7.18. The van der Waals surface area contributed by atoms with Gasteiger partial charge in [0.15, 0.2) is 6.10 Å². The summed E-state index contributed by atoms with van der Waals surface area (Å²) in [6.07, 6.45) is 42.4. The maximum atomic E-state index is 12.4. The molecule has 0 aromatic rings. The Morgan fingerprint density at radius 1 is 0.604 bits per heavy atom. The number of unbranched alkanes of at least 4 members (excludes halogenated alkanes) is 9. The summed E-state index contributed by atoms with van der Waals surface area (Å²) in [6, 6.07) is 0. The first kappa shape index (κ1) is 45.5. The van der Waals surface area contributed by atoms with Gasteiger partial charge in [0.2, 0.25) is 0 Å². The van der Waals surface area contributed by atoms with Gasteiger partial charge in [-0.05, 0) is 77.0 Å². The van der Waals surface area contributed by atoms with Gasteiger partial charge in [0.05, 0.1) is 6.61 Å². The zero-order chi connectivity index (χ0) is 35.4. The quantitative estimate of drug-likeness (QED) is 0.0321. The van der Waals surface area contributed by atoms with Crippen molar-refractivity contribution in [3.8, 4) is 0 Å². The molecule has 0 spiro atoms. The summed E-state index contributed by atoms with van der Waals surface area (Å²) in [6.45, 7) is 3.65. The summed E-state index contributed by atoms with van der Waals surface area (Å²) in [5.74, 6) is -0.879. The highest BCUT2D eigenvalue weighted by atomic mass is 31.2. The van der Waals surface area contributed by atoms with Gasteiger partial charge in [-0.1, -0.05) is 119 Å². The van der Waals surface area contributed by atoms with E-state index in [1.54, 1.807) is 0 Å². The lowest BCUT2D eigenvalue weighted by Gasteiger charge is -2.19. The lowest BCUT2D eigenvalue weighted by molar-refractivity contribution is -0.161. The van der Waals surface area contributed by atoms with Gasteiger partial charge in [0, 0.05) is 20.0 Å². The van der Waals surface area contributed by atoms with Gasteiger partial charge in [-0.2, -0.15) is 0 Å². The molecule has 0 aliphatic rings. The van der Waals surface area contributed by atoms with Crippen molar-refractivity contribution in [2.75, 3.05) is 20.3 Å². The molecule has 0 radical (unpaired) electrons. The summed E-state index contributed by atoms with van der Waals surface area (Å²) in [4.78, 5) is 34.3. The van der Waals surface area contributed by atoms with Gasteiger partial charge < -0.3 is 14.4 Å². The molecule has 0 fully saturated rings. The van der Waals surface area contributed by atoms with Crippen LogP contribution in [0.1, 0.15) is 136 Å². The van der Waals surface area contributed by atoms with Crippen LogP contribution >= 0.6 is 7.82 Å². The molecule has 0 aliphatic heterocycles. The summed E-state index contributed by atoms with van der Waals surface area (Å²) in [5.41, 5.74) is 0. The maximum absolute atomic E-state index is 12.4. The number of allylic oxidation sites excluding steroid dienone is 12. The third kappa shape index (κ3) is 33.4. The highest BCUT2D eigenvalue weighted by Crippen LogP contribution is 2.42. The third-order valence-corrected chi connectivity index (χ3v) is 8.12. The zero-order valence-electron chi connectivity index (χ0n) is 30.1. The van der Waals surface area contributed by atoms with E-state index in [1.165, 1.54) is 12.8 Å². The zero-order valence-corrected chi connectivity index (χ0v) is 31.0.